The summed E-state index contributed by atoms with van der Waals surface area (Å²) < 4.78 is 7.81. The van der Waals surface area contributed by atoms with Crippen molar-refractivity contribution in [3.05, 3.63) is 54.6 Å². The molecule has 1 aromatic heterocycles. The van der Waals surface area contributed by atoms with Gasteiger partial charge in [-0.2, -0.15) is 0 Å². The molecule has 1 heterocycles. The van der Waals surface area contributed by atoms with Crippen LogP contribution in [0.5, 0.6) is 5.75 Å². The Balaban J connectivity index is 1.59. The molecule has 20 heavy (non-hydrogen) atoms. The van der Waals surface area contributed by atoms with Crippen LogP contribution in [0.4, 0.5) is 0 Å². The Morgan fingerprint density at radius 1 is 1.05 bits per heavy atom. The van der Waals surface area contributed by atoms with E-state index in [1.807, 2.05) is 48.5 Å². The Labute approximate surface area is 122 Å². The number of aromatic nitrogens is 2. The van der Waals surface area contributed by atoms with Gasteiger partial charge in [0.05, 0.1) is 17.6 Å². The van der Waals surface area contributed by atoms with Gasteiger partial charge in [0.2, 0.25) is 0 Å². The normalized spacial score (nSPS) is 10.8. The van der Waals surface area contributed by atoms with Crippen LogP contribution < -0.4 is 4.74 Å². The third-order valence-corrected chi connectivity index (χ3v) is 4.07. The van der Waals surface area contributed by atoms with Gasteiger partial charge in [0, 0.05) is 12.8 Å². The Hall–Kier alpha value is -1.94. The number of hydrogen-bond acceptors (Lipinski definition) is 3. The van der Waals surface area contributed by atoms with E-state index in [9.17, 15) is 0 Å². The van der Waals surface area contributed by atoms with Crippen LogP contribution in [0.25, 0.3) is 11.0 Å². The highest BCUT2D eigenvalue weighted by atomic mass is 32.2. The predicted octanol–water partition coefficient (Wildman–Crippen LogP) is 3.74. The summed E-state index contributed by atoms with van der Waals surface area (Å²) in [6, 6.07) is 18.1. The van der Waals surface area contributed by atoms with Crippen molar-refractivity contribution in [1.82, 2.24) is 9.55 Å². The molecule has 0 saturated carbocycles. The number of rotatable bonds is 5. The minimum Gasteiger partial charge on any atom is -0.493 e. The molecular formula is C16H16N2OS. The summed E-state index contributed by atoms with van der Waals surface area (Å²) in [4.78, 5) is 4.63. The second-order valence-corrected chi connectivity index (χ2v) is 5.51. The number of aryl methyl sites for hydroxylation is 1. The molecule has 4 heteroatoms. The average molecular weight is 284 g/mol. The summed E-state index contributed by atoms with van der Waals surface area (Å²) in [5, 5.41) is 1.03. The van der Waals surface area contributed by atoms with Gasteiger partial charge >= 0.3 is 0 Å². The van der Waals surface area contributed by atoms with Gasteiger partial charge in [-0.15, -0.1) is 0 Å². The largest absolute Gasteiger partial charge is 0.493 e. The topological polar surface area (TPSA) is 27.1 Å². The van der Waals surface area contributed by atoms with Crippen LogP contribution in [-0.4, -0.2) is 21.9 Å². The Bertz CT molecular complexity index is 694. The molecule has 0 saturated heterocycles. The number of imidazole rings is 1. The summed E-state index contributed by atoms with van der Waals surface area (Å²) in [5.74, 6) is 1.80. The Morgan fingerprint density at radius 2 is 1.80 bits per heavy atom. The molecule has 3 nitrogen and oxygen atoms in total. The molecule has 0 radical (unpaired) electrons. The van der Waals surface area contributed by atoms with Gasteiger partial charge in [-0.05, 0) is 24.3 Å². The molecule has 0 unspecified atom stereocenters. The van der Waals surface area contributed by atoms with Crippen molar-refractivity contribution in [3.8, 4) is 5.75 Å². The fourth-order valence-corrected chi connectivity index (χ4v) is 2.87. The minimum atomic E-state index is 0.678. The number of para-hydroxylation sites is 3. The molecule has 0 fully saturated rings. The van der Waals surface area contributed by atoms with Crippen LogP contribution in [0.15, 0.2) is 59.8 Å². The summed E-state index contributed by atoms with van der Waals surface area (Å²) in [5.41, 5.74) is 2.21. The SMILES string of the molecule is Cn1c(SCCOc2ccccc2)nc2ccccc21. The Kier molecular flexibility index (Phi) is 3.92. The van der Waals surface area contributed by atoms with Gasteiger partial charge < -0.3 is 9.30 Å². The molecule has 0 amide bonds. The quantitative estimate of drug-likeness (QED) is 0.527. The third kappa shape index (κ3) is 2.80. The van der Waals surface area contributed by atoms with Crippen molar-refractivity contribution in [1.29, 1.82) is 0 Å². The highest BCUT2D eigenvalue weighted by Crippen LogP contribution is 2.22. The van der Waals surface area contributed by atoms with Crippen LogP contribution in [0.1, 0.15) is 0 Å². The lowest BCUT2D eigenvalue weighted by molar-refractivity contribution is 0.344. The molecule has 0 aliphatic carbocycles. The van der Waals surface area contributed by atoms with E-state index in [4.69, 9.17) is 4.74 Å². The summed E-state index contributed by atoms with van der Waals surface area (Å²) in [7, 11) is 2.05. The fourth-order valence-electron chi connectivity index (χ4n) is 2.06. The minimum absolute atomic E-state index is 0.678. The molecule has 3 aromatic rings. The maximum absolute atomic E-state index is 5.68. The lowest BCUT2D eigenvalue weighted by Gasteiger charge is -2.05. The average Bonchev–Trinajstić information content (AvgIpc) is 2.82. The fraction of sp³-hybridized carbons (Fsp3) is 0.188. The van der Waals surface area contributed by atoms with E-state index in [1.165, 1.54) is 5.52 Å². The highest BCUT2D eigenvalue weighted by molar-refractivity contribution is 7.99. The van der Waals surface area contributed by atoms with Gasteiger partial charge in [-0.3, -0.25) is 0 Å². The van der Waals surface area contributed by atoms with Gasteiger partial charge in [0.15, 0.2) is 5.16 Å². The first-order valence-corrected chi connectivity index (χ1v) is 7.55. The van der Waals surface area contributed by atoms with Gasteiger partial charge in [-0.1, -0.05) is 42.1 Å². The van der Waals surface area contributed by atoms with E-state index >= 15 is 0 Å². The Morgan fingerprint density at radius 3 is 2.60 bits per heavy atom. The number of benzene rings is 2. The number of nitrogens with zero attached hydrogens (tertiary/aromatic N) is 2. The summed E-state index contributed by atoms with van der Waals surface area (Å²) in [6.07, 6.45) is 0. The van der Waals surface area contributed by atoms with Crippen molar-refractivity contribution in [2.24, 2.45) is 7.05 Å². The standard InChI is InChI=1S/C16H16N2OS/c1-18-15-10-6-5-9-14(15)17-16(18)20-12-11-19-13-7-3-2-4-8-13/h2-10H,11-12H2,1H3. The zero-order valence-corrected chi connectivity index (χ0v) is 12.1. The number of thioether (sulfide) groups is 1. The first-order chi connectivity index (χ1) is 9.84. The molecule has 0 aliphatic heterocycles. The molecule has 3 rings (SSSR count). The zero-order valence-electron chi connectivity index (χ0n) is 11.3. The smallest absolute Gasteiger partial charge is 0.168 e. The van der Waals surface area contributed by atoms with Gasteiger partial charge in [0.1, 0.15) is 5.75 Å². The molecule has 0 atom stereocenters. The second kappa shape index (κ2) is 6.01. The molecule has 0 spiro atoms. The van der Waals surface area contributed by atoms with E-state index < -0.39 is 0 Å². The highest BCUT2D eigenvalue weighted by Gasteiger charge is 2.07. The monoisotopic (exact) mass is 284 g/mol. The molecule has 0 bridgehead atoms. The molecule has 102 valence electrons. The van der Waals surface area contributed by atoms with Crippen LogP contribution >= 0.6 is 11.8 Å². The van der Waals surface area contributed by atoms with E-state index in [2.05, 4.69) is 22.7 Å². The van der Waals surface area contributed by atoms with Gasteiger partial charge in [-0.25, -0.2) is 4.98 Å². The van der Waals surface area contributed by atoms with Crippen LogP contribution in [0.2, 0.25) is 0 Å². The molecule has 0 N–H and O–H groups in total. The van der Waals surface area contributed by atoms with Crippen molar-refractivity contribution in [2.45, 2.75) is 5.16 Å². The molecule has 0 aliphatic rings. The van der Waals surface area contributed by atoms with Crippen LogP contribution in [0, 0.1) is 0 Å². The molecular weight excluding hydrogens is 268 g/mol. The third-order valence-electron chi connectivity index (χ3n) is 3.07. The second-order valence-electron chi connectivity index (χ2n) is 4.45. The number of ether oxygens (including phenoxy) is 1. The predicted molar refractivity (Wildman–Crippen MR) is 83.4 cm³/mol. The van der Waals surface area contributed by atoms with Crippen molar-refractivity contribution in [3.63, 3.8) is 0 Å². The zero-order chi connectivity index (χ0) is 13.8. The van der Waals surface area contributed by atoms with E-state index in [1.54, 1.807) is 11.8 Å². The van der Waals surface area contributed by atoms with Crippen molar-refractivity contribution < 1.29 is 4.74 Å². The van der Waals surface area contributed by atoms with Crippen LogP contribution in [-0.2, 0) is 7.05 Å². The maximum Gasteiger partial charge on any atom is 0.168 e. The lowest BCUT2D eigenvalue weighted by Crippen LogP contribution is -2.01. The summed E-state index contributed by atoms with van der Waals surface area (Å²) >= 11 is 1.72. The van der Waals surface area contributed by atoms with E-state index in [0.29, 0.717) is 6.61 Å². The van der Waals surface area contributed by atoms with Crippen molar-refractivity contribution >= 4 is 22.8 Å². The summed E-state index contributed by atoms with van der Waals surface area (Å²) in [6.45, 7) is 0.678. The van der Waals surface area contributed by atoms with Crippen molar-refractivity contribution in [2.75, 3.05) is 12.4 Å². The van der Waals surface area contributed by atoms with Gasteiger partial charge in [0.25, 0.3) is 0 Å². The first-order valence-electron chi connectivity index (χ1n) is 6.57. The van der Waals surface area contributed by atoms with E-state index in [-0.39, 0.29) is 0 Å². The number of hydrogen-bond donors (Lipinski definition) is 0. The van der Waals surface area contributed by atoms with Crippen LogP contribution in [0.3, 0.4) is 0 Å². The lowest BCUT2D eigenvalue weighted by atomic mass is 10.3. The molecule has 2 aromatic carbocycles. The number of fused-ring (bicyclic) bond motifs is 1. The first kappa shape index (κ1) is 13.1. The van der Waals surface area contributed by atoms with E-state index in [0.717, 1.165) is 22.2 Å². The maximum atomic E-state index is 5.68.